The number of urea groups is 1. The molecule has 5 atom stereocenters. The Kier molecular flexibility index (Phi) is 13.5. The number of benzene rings is 1. The van der Waals surface area contributed by atoms with Gasteiger partial charge in [-0.25, -0.2) is 15.2 Å². The minimum atomic E-state index is -1.04. The lowest BCUT2D eigenvalue weighted by Gasteiger charge is -2.57. The Hall–Kier alpha value is -4.90. The molecule has 350 valence electrons. The van der Waals surface area contributed by atoms with Gasteiger partial charge in [0.15, 0.2) is 0 Å². The molecule has 65 heavy (non-hydrogen) atoms. The van der Waals surface area contributed by atoms with E-state index in [1.54, 1.807) is 25.3 Å². The van der Waals surface area contributed by atoms with Crippen LogP contribution in [0.3, 0.4) is 0 Å². The van der Waals surface area contributed by atoms with Crippen LogP contribution in [0.15, 0.2) is 41.9 Å². The van der Waals surface area contributed by atoms with Crippen LogP contribution in [0, 0.1) is 11.3 Å². The van der Waals surface area contributed by atoms with Gasteiger partial charge in [0, 0.05) is 85.8 Å². The van der Waals surface area contributed by atoms with Crippen molar-refractivity contribution in [1.82, 2.24) is 45.0 Å². The largest absolute Gasteiger partial charge is 0.464 e. The third kappa shape index (κ3) is 9.15. The number of likely N-dealkylation sites (N-methyl/N-ethyl adjacent to an activating group) is 2. The maximum atomic E-state index is 14.7. The number of cyclic esters (lactones) is 1. The lowest BCUT2D eigenvalue weighted by molar-refractivity contribution is -0.155. The number of nitrogens with one attached hydrogen (secondary N) is 2. The highest BCUT2D eigenvalue weighted by Crippen LogP contribution is 2.43. The van der Waals surface area contributed by atoms with Gasteiger partial charge in [0.25, 0.3) is 5.91 Å². The Bertz CT molecular complexity index is 2430. The van der Waals surface area contributed by atoms with Crippen molar-refractivity contribution in [2.75, 3.05) is 54.0 Å². The van der Waals surface area contributed by atoms with Crippen LogP contribution in [0.2, 0.25) is 0 Å². The standard InChI is InChI=1S/C49H67N9O6S/c1-10-56-39-17-16-32-24-34(39)35(43(56)33-14-11-20-50-41(33)31(4)63-9)26-48(5,6)29-64-46(61)36-15-12-22-58(53-36)45(60)37(25-40-51-38(32)27-65-40)52-44(59)42(30(2)3)55(8)47(62)57-23-19-49(57)18-13-21-54(7)28-49/h11,14,16-17,20,24,27,30-31,36-37,42,53H,10,12-13,15,18-19,21-23,25-26,28-29H2,1-9H3,(H,52,59)/t31-,36-,37-,42?,49-/m0/s1. The first-order valence-corrected chi connectivity index (χ1v) is 24.3. The SMILES string of the molecule is CCn1c(-c2cccnc2[C@H](C)OC)c2c3cc(ccc31)-c1csc(n1)C[C@H](NC(=O)C(C(C)C)N(C)C(=O)N1CC[C@]13CCCN(C)C3)C(=O)N1CCC[C@H](N1)C(=O)OCC(C)(C)C2. The summed E-state index contributed by atoms with van der Waals surface area (Å²) in [7, 11) is 5.49. The number of ether oxygens (including phenoxy) is 2. The number of pyridine rings is 1. The number of nitrogens with zero attached hydrogens (tertiary/aromatic N) is 7. The van der Waals surface area contributed by atoms with Crippen molar-refractivity contribution in [2.24, 2.45) is 11.3 Å². The quantitative estimate of drug-likeness (QED) is 0.189. The predicted octanol–water partition coefficient (Wildman–Crippen LogP) is 6.45. The van der Waals surface area contributed by atoms with E-state index < -0.39 is 35.4 Å². The molecule has 3 fully saturated rings. The maximum absolute atomic E-state index is 14.7. The number of amides is 4. The van der Waals surface area contributed by atoms with Crippen LogP contribution in [0.1, 0.15) is 96.0 Å². The average Bonchev–Trinajstić information content (AvgIpc) is 3.88. The highest BCUT2D eigenvalue weighted by molar-refractivity contribution is 7.10. The Morgan fingerprint density at radius 3 is 2.62 bits per heavy atom. The van der Waals surface area contributed by atoms with Gasteiger partial charge in [-0.1, -0.05) is 33.8 Å². The summed E-state index contributed by atoms with van der Waals surface area (Å²) in [4.78, 5) is 73.1. The van der Waals surface area contributed by atoms with Crippen LogP contribution in [-0.2, 0) is 43.2 Å². The Labute approximate surface area is 387 Å². The number of hydrogen-bond donors (Lipinski definition) is 2. The minimum Gasteiger partial charge on any atom is -0.464 e. The summed E-state index contributed by atoms with van der Waals surface area (Å²) >= 11 is 1.44. The van der Waals surface area contributed by atoms with Crippen LogP contribution in [0.5, 0.6) is 0 Å². The van der Waals surface area contributed by atoms with Crippen molar-refractivity contribution in [3.8, 4) is 22.5 Å². The molecule has 1 unspecified atom stereocenters. The Balaban J connectivity index is 1.16. The van der Waals surface area contributed by atoms with Crippen molar-refractivity contribution >= 4 is 46.1 Å². The Morgan fingerprint density at radius 1 is 1.11 bits per heavy atom. The fourth-order valence-electron chi connectivity index (χ4n) is 10.7. The second kappa shape index (κ2) is 18.8. The fourth-order valence-corrected chi connectivity index (χ4v) is 11.5. The molecule has 0 radical (unpaired) electrons. The number of rotatable bonds is 8. The van der Waals surface area contributed by atoms with Crippen LogP contribution >= 0.6 is 11.3 Å². The summed E-state index contributed by atoms with van der Waals surface area (Å²) in [5, 5.41) is 8.29. The molecule has 6 bridgehead atoms. The highest BCUT2D eigenvalue weighted by atomic mass is 32.1. The molecular weight excluding hydrogens is 843 g/mol. The summed E-state index contributed by atoms with van der Waals surface area (Å²) in [5.74, 6) is -1.47. The Morgan fingerprint density at radius 2 is 1.91 bits per heavy atom. The normalized spacial score (nSPS) is 23.8. The first-order valence-electron chi connectivity index (χ1n) is 23.4. The molecular formula is C49H67N9O6S. The zero-order valence-corrected chi connectivity index (χ0v) is 40.4. The van der Waals surface area contributed by atoms with Crippen molar-refractivity contribution in [3.63, 3.8) is 0 Å². The molecule has 7 heterocycles. The van der Waals surface area contributed by atoms with E-state index in [4.69, 9.17) is 19.4 Å². The van der Waals surface area contributed by atoms with Gasteiger partial charge in [0.1, 0.15) is 18.1 Å². The van der Waals surface area contributed by atoms with Crippen molar-refractivity contribution in [2.45, 2.75) is 123 Å². The predicted molar refractivity (Wildman–Crippen MR) is 252 cm³/mol. The van der Waals surface area contributed by atoms with E-state index >= 15 is 0 Å². The van der Waals surface area contributed by atoms with E-state index in [0.29, 0.717) is 43.9 Å². The number of thiazole rings is 1. The van der Waals surface area contributed by atoms with Crippen LogP contribution in [0.4, 0.5) is 4.79 Å². The molecule has 2 N–H and O–H groups in total. The van der Waals surface area contributed by atoms with E-state index in [9.17, 15) is 19.2 Å². The van der Waals surface area contributed by atoms with Gasteiger partial charge >= 0.3 is 12.0 Å². The molecule has 0 saturated carbocycles. The van der Waals surface area contributed by atoms with Crippen LogP contribution < -0.4 is 10.7 Å². The number of aryl methyl sites for hydroxylation is 1. The fraction of sp³-hybridized carbons (Fsp3) is 0.592. The van der Waals surface area contributed by atoms with Crippen LogP contribution in [-0.4, -0.2) is 136 Å². The van der Waals surface area contributed by atoms with E-state index in [1.165, 1.54) is 16.3 Å². The summed E-state index contributed by atoms with van der Waals surface area (Å²) < 4.78 is 14.3. The molecule has 8 rings (SSSR count). The average molecular weight is 910 g/mol. The lowest BCUT2D eigenvalue weighted by atomic mass is 9.78. The molecule has 4 aromatic rings. The number of piperidine rings is 1. The first kappa shape index (κ1) is 46.6. The smallest absolute Gasteiger partial charge is 0.324 e. The summed E-state index contributed by atoms with van der Waals surface area (Å²) in [6.45, 7) is 15.9. The summed E-state index contributed by atoms with van der Waals surface area (Å²) in [6, 6.07) is 7.69. The highest BCUT2D eigenvalue weighted by Gasteiger charge is 2.51. The number of carbonyl (C=O) groups excluding carboxylic acids is 4. The second-order valence-corrected chi connectivity index (χ2v) is 20.8. The molecule has 0 aliphatic carbocycles. The molecule has 1 spiro atoms. The van der Waals surface area contributed by atoms with Gasteiger partial charge in [0.2, 0.25) is 5.91 Å². The van der Waals surface area contributed by atoms with Gasteiger partial charge in [-0.15, -0.1) is 11.3 Å². The minimum absolute atomic E-state index is 0.117. The lowest BCUT2D eigenvalue weighted by Crippen LogP contribution is -2.71. The van der Waals surface area contributed by atoms with Crippen molar-refractivity contribution < 1.29 is 28.7 Å². The molecule has 16 heteroatoms. The number of likely N-dealkylation sites (tertiary alicyclic amines) is 2. The number of esters is 1. The summed E-state index contributed by atoms with van der Waals surface area (Å²) in [5.41, 5.74) is 9.22. The summed E-state index contributed by atoms with van der Waals surface area (Å²) in [6.07, 6.45) is 6.23. The first-order chi connectivity index (χ1) is 31.0. The number of hydrazine groups is 1. The number of carbonyl (C=O) groups is 4. The molecule has 4 aliphatic heterocycles. The topological polar surface area (TPSA) is 154 Å². The second-order valence-electron chi connectivity index (χ2n) is 19.8. The molecule has 1 aromatic carbocycles. The van der Waals surface area contributed by atoms with Gasteiger partial charge in [-0.3, -0.25) is 24.4 Å². The maximum Gasteiger partial charge on any atom is 0.324 e. The molecule has 3 aromatic heterocycles. The molecule has 3 saturated heterocycles. The third-order valence-electron chi connectivity index (χ3n) is 14.1. The van der Waals surface area contributed by atoms with E-state index in [1.807, 2.05) is 37.1 Å². The molecule has 4 amide bonds. The molecule has 15 nitrogen and oxygen atoms in total. The van der Waals surface area contributed by atoms with E-state index in [2.05, 4.69) is 72.3 Å². The number of hydrogen-bond acceptors (Lipinski definition) is 11. The van der Waals surface area contributed by atoms with Gasteiger partial charge in [-0.2, -0.15) is 0 Å². The molecule has 4 aliphatic rings. The zero-order valence-electron chi connectivity index (χ0n) is 39.6. The monoisotopic (exact) mass is 909 g/mol. The van der Waals surface area contributed by atoms with E-state index in [0.717, 1.165) is 77.0 Å². The number of aromatic nitrogens is 3. The third-order valence-corrected chi connectivity index (χ3v) is 15.0. The van der Waals surface area contributed by atoms with Crippen LogP contribution in [0.25, 0.3) is 33.4 Å². The van der Waals surface area contributed by atoms with Crippen molar-refractivity contribution in [3.05, 3.63) is 58.2 Å². The zero-order chi connectivity index (χ0) is 46.4. The van der Waals surface area contributed by atoms with E-state index in [-0.39, 0.29) is 42.5 Å². The van der Waals surface area contributed by atoms with Crippen molar-refractivity contribution in [1.29, 1.82) is 0 Å². The number of methoxy groups -OCH3 is 1. The van der Waals surface area contributed by atoms with Gasteiger partial charge in [-0.05, 0) is 102 Å². The number of fused-ring (bicyclic) bond motifs is 6. The van der Waals surface area contributed by atoms with Gasteiger partial charge < -0.3 is 34.1 Å². The van der Waals surface area contributed by atoms with Gasteiger partial charge in [0.05, 0.1) is 40.3 Å².